The van der Waals surface area contributed by atoms with Gasteiger partial charge in [-0.1, -0.05) is 0 Å². The lowest BCUT2D eigenvalue weighted by molar-refractivity contribution is 0.0695. The summed E-state index contributed by atoms with van der Waals surface area (Å²) in [6, 6.07) is 3.45. The molecule has 1 aliphatic rings. The van der Waals surface area contributed by atoms with Gasteiger partial charge >= 0.3 is 5.97 Å². The Morgan fingerprint density at radius 2 is 1.90 bits per heavy atom. The van der Waals surface area contributed by atoms with E-state index in [-0.39, 0.29) is 22.6 Å². The number of nitrogens with one attached hydrogen (secondary N) is 1. The third-order valence-electron chi connectivity index (χ3n) is 5.26. The number of pyridine rings is 1. The normalized spacial score (nSPS) is 16.6. The Morgan fingerprint density at radius 1 is 1.16 bits per heavy atom. The fraction of sp³-hybridized carbons (Fsp3) is 0.238. The molecule has 4 rings (SSSR count). The number of piperazine rings is 1. The summed E-state index contributed by atoms with van der Waals surface area (Å²) in [5, 5.41) is 22.5. The van der Waals surface area contributed by atoms with Crippen molar-refractivity contribution in [2.75, 3.05) is 24.5 Å². The zero-order valence-corrected chi connectivity index (χ0v) is 16.3. The first-order chi connectivity index (χ1) is 14.7. The van der Waals surface area contributed by atoms with E-state index in [0.717, 1.165) is 16.8 Å². The van der Waals surface area contributed by atoms with E-state index < -0.39 is 45.9 Å². The summed E-state index contributed by atoms with van der Waals surface area (Å²) in [4.78, 5) is 26.0. The molecule has 2 aromatic carbocycles. The van der Waals surface area contributed by atoms with Gasteiger partial charge in [0.05, 0.1) is 11.2 Å². The summed E-state index contributed by atoms with van der Waals surface area (Å²) < 4.78 is 44.0. The Bertz CT molecular complexity index is 1250. The van der Waals surface area contributed by atoms with Crippen molar-refractivity contribution in [3.05, 3.63) is 63.7 Å². The molecular formula is C21H18F3N3O4. The summed E-state index contributed by atoms with van der Waals surface area (Å²) in [6.07, 6.45) is 0.838. The number of aromatic hydroxyl groups is 1. The number of carboxylic acids is 1. The zero-order valence-electron chi connectivity index (χ0n) is 16.3. The molecule has 1 aromatic heterocycles. The molecule has 0 aliphatic carbocycles. The summed E-state index contributed by atoms with van der Waals surface area (Å²) >= 11 is 0. The number of hydrogen-bond acceptors (Lipinski definition) is 5. The molecule has 3 N–H and O–H groups in total. The topological polar surface area (TPSA) is 94.8 Å². The van der Waals surface area contributed by atoms with Crippen LogP contribution < -0.4 is 15.6 Å². The maximum absolute atomic E-state index is 15.0. The van der Waals surface area contributed by atoms with Gasteiger partial charge in [-0.25, -0.2) is 18.0 Å². The minimum Gasteiger partial charge on any atom is -0.506 e. The van der Waals surface area contributed by atoms with Crippen molar-refractivity contribution in [2.24, 2.45) is 0 Å². The number of fused-ring (bicyclic) bond motifs is 1. The third-order valence-corrected chi connectivity index (χ3v) is 5.26. The second-order valence-corrected chi connectivity index (χ2v) is 7.42. The van der Waals surface area contributed by atoms with Crippen LogP contribution in [0.2, 0.25) is 0 Å². The minimum absolute atomic E-state index is 0.0293. The van der Waals surface area contributed by atoms with Gasteiger partial charge in [-0.2, -0.15) is 0 Å². The van der Waals surface area contributed by atoms with Gasteiger partial charge in [0, 0.05) is 49.4 Å². The second kappa shape index (κ2) is 7.62. The molecule has 0 amide bonds. The SMILES string of the molecule is CC1CN(c2cc3c(cc2F)c(=O)c(C(=O)O)cn3-c2c(O)cc(F)cc2F)CCN1. The van der Waals surface area contributed by atoms with Gasteiger partial charge in [0.1, 0.15) is 28.6 Å². The van der Waals surface area contributed by atoms with Crippen LogP contribution in [-0.2, 0) is 0 Å². The van der Waals surface area contributed by atoms with Crippen LogP contribution in [0.1, 0.15) is 17.3 Å². The van der Waals surface area contributed by atoms with Crippen molar-refractivity contribution in [3.63, 3.8) is 0 Å². The van der Waals surface area contributed by atoms with E-state index >= 15 is 0 Å². The van der Waals surface area contributed by atoms with Gasteiger partial charge in [0.2, 0.25) is 5.43 Å². The highest BCUT2D eigenvalue weighted by molar-refractivity contribution is 5.94. The molecule has 0 radical (unpaired) electrons. The van der Waals surface area contributed by atoms with Crippen molar-refractivity contribution in [2.45, 2.75) is 13.0 Å². The van der Waals surface area contributed by atoms with Crippen LogP contribution in [0.15, 0.2) is 35.3 Å². The number of benzene rings is 2. The molecule has 7 nitrogen and oxygen atoms in total. The molecule has 0 spiro atoms. The number of anilines is 1. The van der Waals surface area contributed by atoms with Crippen LogP contribution in [0.3, 0.4) is 0 Å². The predicted octanol–water partition coefficient (Wildman–Crippen LogP) is 2.61. The fourth-order valence-electron chi connectivity index (χ4n) is 3.86. The molecule has 1 atom stereocenters. The molecule has 2 heterocycles. The number of carbonyl (C=O) groups is 1. The summed E-state index contributed by atoms with van der Waals surface area (Å²) in [6.45, 7) is 3.46. The Hall–Kier alpha value is -3.53. The van der Waals surface area contributed by atoms with E-state index in [9.17, 15) is 33.0 Å². The summed E-state index contributed by atoms with van der Waals surface area (Å²) in [7, 11) is 0. The minimum atomic E-state index is -1.61. The number of rotatable bonds is 3. The Labute approximate surface area is 174 Å². The molecule has 1 fully saturated rings. The van der Waals surface area contributed by atoms with Crippen molar-refractivity contribution >= 4 is 22.6 Å². The third kappa shape index (κ3) is 3.59. The number of hydrogen-bond donors (Lipinski definition) is 3. The van der Waals surface area contributed by atoms with E-state index in [1.165, 1.54) is 6.07 Å². The molecule has 1 unspecified atom stereocenters. The first-order valence-electron chi connectivity index (χ1n) is 9.46. The Balaban J connectivity index is 2.06. The molecule has 0 bridgehead atoms. The Kier molecular flexibility index (Phi) is 5.10. The number of aromatic carboxylic acids is 1. The maximum Gasteiger partial charge on any atom is 0.341 e. The second-order valence-electron chi connectivity index (χ2n) is 7.42. The van der Waals surface area contributed by atoms with Crippen LogP contribution in [0.4, 0.5) is 18.9 Å². The summed E-state index contributed by atoms with van der Waals surface area (Å²) in [5.74, 6) is -5.37. The average molecular weight is 433 g/mol. The molecular weight excluding hydrogens is 415 g/mol. The number of phenols is 1. The van der Waals surface area contributed by atoms with Gasteiger partial charge in [-0.05, 0) is 19.1 Å². The van der Waals surface area contributed by atoms with E-state index in [0.29, 0.717) is 31.8 Å². The van der Waals surface area contributed by atoms with E-state index in [1.807, 2.05) is 6.92 Å². The first-order valence-corrected chi connectivity index (χ1v) is 9.46. The molecule has 1 aliphatic heterocycles. The van der Waals surface area contributed by atoms with Crippen LogP contribution in [-0.4, -0.2) is 46.4 Å². The van der Waals surface area contributed by atoms with Gasteiger partial charge in [0.15, 0.2) is 5.82 Å². The quantitative estimate of drug-likeness (QED) is 0.588. The average Bonchev–Trinajstić information content (AvgIpc) is 2.68. The molecule has 3 aromatic rings. The predicted molar refractivity (Wildman–Crippen MR) is 108 cm³/mol. The van der Waals surface area contributed by atoms with Crippen molar-refractivity contribution in [1.82, 2.24) is 9.88 Å². The van der Waals surface area contributed by atoms with Crippen LogP contribution >= 0.6 is 0 Å². The van der Waals surface area contributed by atoms with Gasteiger partial charge in [-0.3, -0.25) is 4.79 Å². The molecule has 1 saturated heterocycles. The van der Waals surface area contributed by atoms with Crippen molar-refractivity contribution < 1.29 is 28.2 Å². The van der Waals surface area contributed by atoms with Crippen LogP contribution in [0.5, 0.6) is 5.75 Å². The molecule has 162 valence electrons. The zero-order chi connectivity index (χ0) is 22.4. The van der Waals surface area contributed by atoms with Gasteiger partial charge in [0.25, 0.3) is 0 Å². The van der Waals surface area contributed by atoms with Crippen LogP contribution in [0, 0.1) is 17.5 Å². The van der Waals surface area contributed by atoms with Crippen molar-refractivity contribution in [1.29, 1.82) is 0 Å². The maximum atomic E-state index is 15.0. The fourth-order valence-corrected chi connectivity index (χ4v) is 3.86. The highest BCUT2D eigenvalue weighted by Crippen LogP contribution is 2.32. The molecule has 10 heteroatoms. The number of aromatic nitrogens is 1. The molecule has 31 heavy (non-hydrogen) atoms. The number of nitrogens with zero attached hydrogens (tertiary/aromatic N) is 2. The highest BCUT2D eigenvalue weighted by atomic mass is 19.1. The lowest BCUT2D eigenvalue weighted by Crippen LogP contribution is -2.49. The largest absolute Gasteiger partial charge is 0.506 e. The first kappa shape index (κ1) is 20.7. The van der Waals surface area contributed by atoms with Gasteiger partial charge < -0.3 is 25.0 Å². The Morgan fingerprint density at radius 3 is 2.55 bits per heavy atom. The van der Waals surface area contributed by atoms with Crippen LogP contribution in [0.25, 0.3) is 16.6 Å². The standard InChI is InChI=1S/C21H18F3N3O4/c1-10-8-26(3-2-25-10)17-7-16-12(6-14(17)23)20(29)13(21(30)31)9-27(16)19-15(24)4-11(22)5-18(19)28/h4-7,9-10,25,28H,2-3,8H2,1H3,(H,30,31). The van der Waals surface area contributed by atoms with E-state index in [4.69, 9.17) is 0 Å². The van der Waals surface area contributed by atoms with Crippen molar-refractivity contribution in [3.8, 4) is 11.4 Å². The number of halogens is 3. The smallest absolute Gasteiger partial charge is 0.341 e. The summed E-state index contributed by atoms with van der Waals surface area (Å²) in [5.41, 5.74) is -2.16. The lowest BCUT2D eigenvalue weighted by atomic mass is 10.1. The van der Waals surface area contributed by atoms with E-state index in [1.54, 1.807) is 4.90 Å². The monoisotopic (exact) mass is 433 g/mol. The number of phenolic OH excluding ortho intramolecular Hbond substituents is 1. The molecule has 0 saturated carbocycles. The van der Waals surface area contributed by atoms with E-state index in [2.05, 4.69) is 5.32 Å². The van der Waals surface area contributed by atoms with Gasteiger partial charge in [-0.15, -0.1) is 0 Å². The highest BCUT2D eigenvalue weighted by Gasteiger charge is 2.24. The lowest BCUT2D eigenvalue weighted by Gasteiger charge is -2.34. The number of carboxylic acid groups (broad SMARTS) is 1.